The summed E-state index contributed by atoms with van der Waals surface area (Å²) >= 11 is 0. The molecule has 2 aromatic carbocycles. The smallest absolute Gasteiger partial charge is 0.306 e. The SMILES string of the molecule is CC(C)[C@@H]1CC[C@@H](C)C[C@H]1Oc1ccc2c(CN3CCC(C(=O)O)CC3)cccc2c1. The van der Waals surface area contributed by atoms with Gasteiger partial charge in [-0.3, -0.25) is 9.69 Å². The van der Waals surface area contributed by atoms with Gasteiger partial charge in [0.1, 0.15) is 11.9 Å². The average molecular weight is 424 g/mol. The van der Waals surface area contributed by atoms with Crippen LogP contribution < -0.4 is 4.74 Å². The summed E-state index contributed by atoms with van der Waals surface area (Å²) in [4.78, 5) is 13.6. The molecule has 0 unspecified atom stereocenters. The number of piperidine rings is 1. The van der Waals surface area contributed by atoms with Crippen LogP contribution in [-0.2, 0) is 11.3 Å². The molecule has 1 heterocycles. The van der Waals surface area contributed by atoms with Crippen molar-refractivity contribution in [3.8, 4) is 5.75 Å². The summed E-state index contributed by atoms with van der Waals surface area (Å²) in [5.74, 6) is 2.17. The van der Waals surface area contributed by atoms with Crippen LogP contribution in [0.3, 0.4) is 0 Å². The number of carboxylic acids is 1. The van der Waals surface area contributed by atoms with Crippen molar-refractivity contribution in [1.29, 1.82) is 0 Å². The van der Waals surface area contributed by atoms with Crippen LogP contribution >= 0.6 is 0 Å². The van der Waals surface area contributed by atoms with Crippen molar-refractivity contribution in [3.63, 3.8) is 0 Å². The summed E-state index contributed by atoms with van der Waals surface area (Å²) in [6.45, 7) is 9.57. The van der Waals surface area contributed by atoms with Gasteiger partial charge in [-0.05, 0) is 85.0 Å². The largest absolute Gasteiger partial charge is 0.490 e. The number of aliphatic carboxylic acids is 1. The first-order valence-corrected chi connectivity index (χ1v) is 12.0. The highest BCUT2D eigenvalue weighted by Crippen LogP contribution is 2.36. The molecule has 0 bridgehead atoms. The Morgan fingerprint density at radius 1 is 1.13 bits per heavy atom. The maximum atomic E-state index is 11.2. The van der Waals surface area contributed by atoms with Gasteiger partial charge in [-0.15, -0.1) is 0 Å². The van der Waals surface area contributed by atoms with E-state index in [1.807, 2.05) is 0 Å². The Morgan fingerprint density at radius 2 is 1.90 bits per heavy atom. The number of carboxylic acid groups (broad SMARTS) is 1. The average Bonchev–Trinajstić information content (AvgIpc) is 2.74. The number of nitrogens with zero attached hydrogens (tertiary/aromatic N) is 1. The molecule has 2 fully saturated rings. The molecule has 0 radical (unpaired) electrons. The summed E-state index contributed by atoms with van der Waals surface area (Å²) < 4.78 is 6.57. The molecule has 2 aromatic rings. The highest BCUT2D eigenvalue weighted by atomic mass is 16.5. The van der Waals surface area contributed by atoms with E-state index < -0.39 is 5.97 Å². The lowest BCUT2D eigenvalue weighted by Gasteiger charge is -2.37. The molecular weight excluding hydrogens is 386 g/mol. The van der Waals surface area contributed by atoms with Crippen LogP contribution in [0.15, 0.2) is 36.4 Å². The number of carbonyl (C=O) groups is 1. The number of benzene rings is 2. The zero-order valence-electron chi connectivity index (χ0n) is 19.2. The molecule has 1 saturated carbocycles. The maximum Gasteiger partial charge on any atom is 0.306 e. The minimum atomic E-state index is -0.649. The lowest BCUT2D eigenvalue weighted by Crippen LogP contribution is -2.36. The molecule has 168 valence electrons. The van der Waals surface area contributed by atoms with Gasteiger partial charge in [0.2, 0.25) is 0 Å². The molecule has 3 atom stereocenters. The fourth-order valence-electron chi connectivity index (χ4n) is 5.54. The van der Waals surface area contributed by atoms with E-state index in [9.17, 15) is 9.90 Å². The van der Waals surface area contributed by atoms with Crippen LogP contribution in [0.2, 0.25) is 0 Å². The van der Waals surface area contributed by atoms with Gasteiger partial charge in [0.15, 0.2) is 0 Å². The fraction of sp³-hybridized carbons (Fsp3) is 0.593. The number of hydrogen-bond acceptors (Lipinski definition) is 3. The molecule has 1 aliphatic heterocycles. The van der Waals surface area contributed by atoms with E-state index in [-0.39, 0.29) is 5.92 Å². The summed E-state index contributed by atoms with van der Waals surface area (Å²) in [6.07, 6.45) is 5.52. The molecule has 4 nitrogen and oxygen atoms in total. The Hall–Kier alpha value is -2.07. The third-order valence-electron chi connectivity index (χ3n) is 7.52. The zero-order valence-corrected chi connectivity index (χ0v) is 19.2. The first-order chi connectivity index (χ1) is 14.9. The summed E-state index contributed by atoms with van der Waals surface area (Å²) in [7, 11) is 0. The first-order valence-electron chi connectivity index (χ1n) is 12.0. The third kappa shape index (κ3) is 5.23. The van der Waals surface area contributed by atoms with Gasteiger partial charge in [-0.2, -0.15) is 0 Å². The highest BCUT2D eigenvalue weighted by Gasteiger charge is 2.32. The van der Waals surface area contributed by atoms with E-state index in [2.05, 4.69) is 62.1 Å². The van der Waals surface area contributed by atoms with Gasteiger partial charge in [0.05, 0.1) is 5.92 Å². The Labute approximate surface area is 186 Å². The predicted octanol–water partition coefficient (Wildman–Crippen LogP) is 5.98. The molecule has 1 N–H and O–H groups in total. The molecular formula is C27H37NO3. The molecule has 1 aliphatic carbocycles. The summed E-state index contributed by atoms with van der Waals surface area (Å²) in [6, 6.07) is 13.0. The standard InChI is InChI=1S/C27H37NO3/c1-18(2)24-9-7-19(3)15-26(24)31-23-8-10-25-21(16-23)5-4-6-22(25)17-28-13-11-20(12-14-28)27(29)30/h4-6,8,10,16,18-20,24,26H,7,9,11-15,17H2,1-3H3,(H,29,30)/t19-,24+,26-/m1/s1. The third-order valence-corrected chi connectivity index (χ3v) is 7.52. The minimum absolute atomic E-state index is 0.180. The quantitative estimate of drug-likeness (QED) is 0.621. The second-order valence-electron chi connectivity index (χ2n) is 10.2. The topological polar surface area (TPSA) is 49.8 Å². The Kier molecular flexibility index (Phi) is 6.86. The number of hydrogen-bond donors (Lipinski definition) is 1. The van der Waals surface area contributed by atoms with Crippen LogP contribution in [-0.4, -0.2) is 35.2 Å². The highest BCUT2D eigenvalue weighted by molar-refractivity contribution is 5.87. The number of ether oxygens (including phenoxy) is 1. The molecule has 0 spiro atoms. The van der Waals surface area contributed by atoms with E-state index in [0.29, 0.717) is 17.9 Å². The van der Waals surface area contributed by atoms with Crippen molar-refractivity contribution < 1.29 is 14.6 Å². The summed E-state index contributed by atoms with van der Waals surface area (Å²) in [5, 5.41) is 11.7. The number of rotatable bonds is 6. The fourth-order valence-corrected chi connectivity index (χ4v) is 5.54. The van der Waals surface area contributed by atoms with E-state index in [1.54, 1.807) is 0 Å². The van der Waals surface area contributed by atoms with Crippen LogP contribution in [0.25, 0.3) is 10.8 Å². The molecule has 4 rings (SSSR count). The van der Waals surface area contributed by atoms with Gasteiger partial charge in [0, 0.05) is 6.54 Å². The van der Waals surface area contributed by atoms with Crippen LogP contribution in [0, 0.1) is 23.7 Å². The van der Waals surface area contributed by atoms with Gasteiger partial charge in [-0.25, -0.2) is 0 Å². The minimum Gasteiger partial charge on any atom is -0.490 e. The van der Waals surface area contributed by atoms with Gasteiger partial charge >= 0.3 is 5.97 Å². The van der Waals surface area contributed by atoms with Crippen molar-refractivity contribution in [1.82, 2.24) is 4.90 Å². The van der Waals surface area contributed by atoms with E-state index >= 15 is 0 Å². The second-order valence-corrected chi connectivity index (χ2v) is 10.2. The normalized spacial score (nSPS) is 25.7. The van der Waals surface area contributed by atoms with Crippen molar-refractivity contribution in [2.24, 2.45) is 23.7 Å². The maximum absolute atomic E-state index is 11.2. The van der Waals surface area contributed by atoms with E-state index in [0.717, 1.165) is 50.6 Å². The van der Waals surface area contributed by atoms with Crippen molar-refractivity contribution in [3.05, 3.63) is 42.0 Å². The van der Waals surface area contributed by atoms with E-state index in [4.69, 9.17) is 4.74 Å². The molecule has 1 saturated heterocycles. The van der Waals surface area contributed by atoms with E-state index in [1.165, 1.54) is 29.2 Å². The molecule has 4 heteroatoms. The Bertz CT molecular complexity index is 900. The zero-order chi connectivity index (χ0) is 22.0. The lowest BCUT2D eigenvalue weighted by atomic mass is 9.75. The van der Waals surface area contributed by atoms with Crippen molar-refractivity contribution in [2.75, 3.05) is 13.1 Å². The van der Waals surface area contributed by atoms with Gasteiger partial charge in [0.25, 0.3) is 0 Å². The molecule has 0 amide bonds. The Balaban J connectivity index is 1.47. The second kappa shape index (κ2) is 9.60. The van der Waals surface area contributed by atoms with Gasteiger partial charge in [-0.1, -0.05) is 51.5 Å². The molecule has 2 aliphatic rings. The lowest BCUT2D eigenvalue weighted by molar-refractivity contribution is -0.143. The number of likely N-dealkylation sites (tertiary alicyclic amines) is 1. The first kappa shape index (κ1) is 22.1. The Morgan fingerprint density at radius 3 is 2.61 bits per heavy atom. The van der Waals surface area contributed by atoms with Crippen LogP contribution in [0.4, 0.5) is 0 Å². The van der Waals surface area contributed by atoms with Crippen LogP contribution in [0.5, 0.6) is 5.75 Å². The van der Waals surface area contributed by atoms with Crippen LogP contribution in [0.1, 0.15) is 58.4 Å². The van der Waals surface area contributed by atoms with Gasteiger partial charge < -0.3 is 9.84 Å². The predicted molar refractivity (Wildman–Crippen MR) is 125 cm³/mol. The monoisotopic (exact) mass is 423 g/mol. The molecule has 31 heavy (non-hydrogen) atoms. The van der Waals surface area contributed by atoms with Crippen molar-refractivity contribution >= 4 is 16.7 Å². The van der Waals surface area contributed by atoms with Crippen molar-refractivity contribution in [2.45, 2.75) is 65.5 Å². The summed E-state index contributed by atoms with van der Waals surface area (Å²) in [5.41, 5.74) is 1.31. The molecule has 0 aromatic heterocycles. The number of fused-ring (bicyclic) bond motifs is 1.